The summed E-state index contributed by atoms with van der Waals surface area (Å²) in [5.41, 5.74) is 1.43. The van der Waals surface area contributed by atoms with Crippen LogP contribution in [0.15, 0.2) is 66.4 Å². The average molecular weight is 952 g/mol. The smallest absolute Gasteiger partial charge is 0.327 e. The van der Waals surface area contributed by atoms with Crippen molar-refractivity contribution in [3.63, 3.8) is 0 Å². The van der Waals surface area contributed by atoms with E-state index in [2.05, 4.69) is 38.5 Å². The molecule has 8 N–H and O–H groups in total. The van der Waals surface area contributed by atoms with Gasteiger partial charge in [0.25, 0.3) is 5.91 Å². The van der Waals surface area contributed by atoms with E-state index in [0.717, 1.165) is 16.0 Å². The lowest BCUT2D eigenvalue weighted by Gasteiger charge is -2.29. The predicted molar refractivity (Wildman–Crippen MR) is 254 cm³/mol. The van der Waals surface area contributed by atoms with Crippen LogP contribution >= 0.6 is 0 Å². The van der Waals surface area contributed by atoms with Gasteiger partial charge in [0, 0.05) is 26.5 Å². The van der Waals surface area contributed by atoms with Crippen molar-refractivity contribution < 1.29 is 58.1 Å². The van der Waals surface area contributed by atoms with Crippen LogP contribution in [0.1, 0.15) is 93.6 Å². The fourth-order valence-corrected chi connectivity index (χ4v) is 7.39. The van der Waals surface area contributed by atoms with Gasteiger partial charge in [0.05, 0.1) is 24.0 Å². The SMILES string of the molecule is C=C1C(=O)NC(C)C(=O)NC(CC(C)C)C(=O)NC(C(=O)O)C(C)C(=O)NC(CC(C)C)C(=O)NC(C=CC(C)=CC(C)C(Cc2ccccc2)OC)C(C)C(=O)NC(C(=O)O)CCC(=O)N1C. The molecule has 7 amide bonds. The van der Waals surface area contributed by atoms with Crippen molar-refractivity contribution in [1.29, 1.82) is 0 Å². The topological polar surface area (TPSA) is 279 Å². The van der Waals surface area contributed by atoms with E-state index in [0.29, 0.717) is 6.42 Å². The number of ether oxygens (including phenoxy) is 1. The van der Waals surface area contributed by atoms with Gasteiger partial charge >= 0.3 is 11.9 Å². The first-order chi connectivity index (χ1) is 31.8. The number of amides is 7. The van der Waals surface area contributed by atoms with Gasteiger partial charge in [0.1, 0.15) is 35.9 Å². The van der Waals surface area contributed by atoms with E-state index in [-0.39, 0.29) is 36.7 Å². The van der Waals surface area contributed by atoms with Gasteiger partial charge in [-0.25, -0.2) is 9.59 Å². The zero-order valence-electron chi connectivity index (χ0n) is 41.2. The van der Waals surface area contributed by atoms with Crippen molar-refractivity contribution in [3.05, 3.63) is 72.0 Å². The van der Waals surface area contributed by atoms with Gasteiger partial charge in [0.2, 0.25) is 35.4 Å². The fourth-order valence-electron chi connectivity index (χ4n) is 7.39. The fraction of sp³-hybridized carbons (Fsp3) is 0.571. The number of carboxylic acids is 2. The third kappa shape index (κ3) is 18.4. The summed E-state index contributed by atoms with van der Waals surface area (Å²) in [6.45, 7) is 18.6. The number of hydrogen-bond donors (Lipinski definition) is 8. The van der Waals surface area contributed by atoms with Gasteiger partial charge in [-0.1, -0.05) is 109 Å². The molecule has 1 fully saturated rings. The number of rotatable bonds is 13. The Morgan fingerprint density at radius 3 is 1.84 bits per heavy atom. The van der Waals surface area contributed by atoms with Crippen LogP contribution in [-0.2, 0) is 54.3 Å². The summed E-state index contributed by atoms with van der Waals surface area (Å²) in [4.78, 5) is 121. The Bertz CT molecular complexity index is 2040. The highest BCUT2D eigenvalue weighted by atomic mass is 16.5. The van der Waals surface area contributed by atoms with Gasteiger partial charge in [-0.15, -0.1) is 0 Å². The lowest BCUT2D eigenvalue weighted by Crippen LogP contribution is -2.59. The quantitative estimate of drug-likeness (QED) is 0.105. The first-order valence-electron chi connectivity index (χ1n) is 22.9. The molecule has 376 valence electrons. The van der Waals surface area contributed by atoms with Gasteiger partial charge < -0.3 is 51.8 Å². The summed E-state index contributed by atoms with van der Waals surface area (Å²) in [5, 5.41) is 35.6. The molecule has 10 atom stereocenters. The first-order valence-corrected chi connectivity index (χ1v) is 22.9. The Morgan fingerprint density at radius 2 is 1.31 bits per heavy atom. The van der Waals surface area contributed by atoms with Crippen LogP contribution < -0.4 is 31.9 Å². The average Bonchev–Trinajstić information content (AvgIpc) is 3.27. The number of hydrogen-bond acceptors (Lipinski definition) is 10. The summed E-state index contributed by atoms with van der Waals surface area (Å²) in [6.07, 6.45) is 4.90. The van der Waals surface area contributed by atoms with Crippen molar-refractivity contribution in [2.75, 3.05) is 14.2 Å². The molecular formula is C49H73N7O12. The van der Waals surface area contributed by atoms with Crippen LogP contribution in [0, 0.1) is 29.6 Å². The molecule has 2 rings (SSSR count). The molecule has 1 aliphatic rings. The lowest BCUT2D eigenvalue weighted by atomic mass is 9.94. The molecule has 1 aromatic rings. The van der Waals surface area contributed by atoms with E-state index in [1.165, 1.54) is 27.8 Å². The minimum absolute atomic E-state index is 0.0325. The van der Waals surface area contributed by atoms with Crippen LogP contribution in [0.4, 0.5) is 0 Å². The molecule has 1 aliphatic heterocycles. The number of aliphatic carboxylic acids is 2. The summed E-state index contributed by atoms with van der Waals surface area (Å²) in [5.74, 6) is -12.0. The van der Waals surface area contributed by atoms with E-state index in [4.69, 9.17) is 4.74 Å². The maximum Gasteiger partial charge on any atom is 0.327 e. The van der Waals surface area contributed by atoms with Gasteiger partial charge in [-0.2, -0.15) is 0 Å². The number of carbonyl (C=O) groups is 9. The molecule has 0 aromatic heterocycles. The maximum absolute atomic E-state index is 14.3. The first kappa shape index (κ1) is 57.8. The third-order valence-electron chi connectivity index (χ3n) is 11.7. The number of allylic oxidation sites excluding steroid dienone is 2. The molecule has 1 heterocycles. The van der Waals surface area contributed by atoms with Gasteiger partial charge in [-0.3, -0.25) is 33.6 Å². The van der Waals surface area contributed by atoms with Crippen LogP contribution in [0.25, 0.3) is 0 Å². The molecule has 68 heavy (non-hydrogen) atoms. The van der Waals surface area contributed by atoms with Crippen LogP contribution in [0.3, 0.4) is 0 Å². The molecule has 0 bridgehead atoms. The normalized spacial score (nSPS) is 26.1. The van der Waals surface area contributed by atoms with E-state index in [1.807, 2.05) is 50.3 Å². The van der Waals surface area contributed by atoms with Crippen molar-refractivity contribution in [2.24, 2.45) is 29.6 Å². The molecule has 10 unspecified atom stereocenters. The van der Waals surface area contributed by atoms with Gasteiger partial charge in [0.15, 0.2) is 0 Å². The zero-order valence-corrected chi connectivity index (χ0v) is 41.2. The standard InChI is InChI=1S/C49H73N7O12/c1-26(2)22-37-46(62)51-35(19-18-28(5)24-29(6)39(68-12)25-34-16-14-13-15-17-34)30(7)42(58)52-36(48(64)65)20-21-40(57)56(11)33(10)45(61)50-32(9)44(60)54-38(23-27(3)4)47(63)55-41(49(66)67)31(8)43(59)53-37/h13-19,24,26-27,29-32,35-39,41H,10,20-23,25H2,1-9,11-12H3,(H,50,61)(H,51,62)(H,52,58)(H,53,59)(H,54,60)(H,55,63)(H,64,65)(H,66,67). The second-order valence-corrected chi connectivity index (χ2v) is 18.4. The molecule has 1 aromatic carbocycles. The highest BCUT2D eigenvalue weighted by Gasteiger charge is 2.37. The highest BCUT2D eigenvalue weighted by Crippen LogP contribution is 2.19. The monoisotopic (exact) mass is 952 g/mol. The summed E-state index contributed by atoms with van der Waals surface area (Å²) in [6, 6.07) is 1.39. The van der Waals surface area contributed by atoms with E-state index >= 15 is 0 Å². The second-order valence-electron chi connectivity index (χ2n) is 18.4. The Labute approximate surface area is 399 Å². The Balaban J connectivity index is 2.68. The van der Waals surface area contributed by atoms with E-state index in [1.54, 1.807) is 47.0 Å². The minimum Gasteiger partial charge on any atom is -0.480 e. The highest BCUT2D eigenvalue weighted by molar-refractivity contribution is 6.00. The third-order valence-corrected chi connectivity index (χ3v) is 11.7. The number of likely N-dealkylation sites (N-methyl/N-ethyl adjacent to an activating group) is 1. The molecule has 19 heteroatoms. The predicted octanol–water partition coefficient (Wildman–Crippen LogP) is 2.61. The number of carboxylic acid groups (broad SMARTS) is 2. The molecule has 1 saturated heterocycles. The molecule has 19 nitrogen and oxygen atoms in total. The molecule has 0 aliphatic carbocycles. The molecule has 0 spiro atoms. The Kier molecular flexibility index (Phi) is 23.3. The summed E-state index contributed by atoms with van der Waals surface area (Å²) >= 11 is 0. The maximum atomic E-state index is 14.3. The second kappa shape index (κ2) is 27.4. The van der Waals surface area contributed by atoms with Gasteiger partial charge in [-0.05, 0) is 56.9 Å². The lowest BCUT2D eigenvalue weighted by molar-refractivity contribution is -0.146. The van der Waals surface area contributed by atoms with Crippen LogP contribution in [0.2, 0.25) is 0 Å². The number of nitrogens with one attached hydrogen (secondary N) is 6. The summed E-state index contributed by atoms with van der Waals surface area (Å²) in [7, 11) is 2.85. The number of nitrogens with zero attached hydrogens (tertiary/aromatic N) is 1. The number of methoxy groups -OCH3 is 1. The summed E-state index contributed by atoms with van der Waals surface area (Å²) < 4.78 is 5.81. The molecular weight excluding hydrogens is 879 g/mol. The van der Waals surface area contributed by atoms with Crippen molar-refractivity contribution in [3.8, 4) is 0 Å². The Hall–Kier alpha value is -6.37. The molecule has 0 saturated carbocycles. The minimum atomic E-state index is -1.83. The van der Waals surface area contributed by atoms with E-state index < -0.39 is 120 Å². The molecule has 0 radical (unpaired) electrons. The van der Waals surface area contributed by atoms with Crippen LogP contribution in [-0.4, -0.2) is 125 Å². The van der Waals surface area contributed by atoms with Crippen LogP contribution in [0.5, 0.6) is 0 Å². The number of carbonyl (C=O) groups excluding carboxylic acids is 7. The van der Waals surface area contributed by atoms with E-state index in [9.17, 15) is 53.4 Å². The number of benzene rings is 1. The zero-order chi connectivity index (χ0) is 51.6. The van der Waals surface area contributed by atoms with Crippen molar-refractivity contribution >= 4 is 53.3 Å². The van der Waals surface area contributed by atoms with Crippen molar-refractivity contribution in [2.45, 2.75) is 137 Å². The van der Waals surface area contributed by atoms with Crippen molar-refractivity contribution in [1.82, 2.24) is 36.8 Å². The Morgan fingerprint density at radius 1 is 0.765 bits per heavy atom. The largest absolute Gasteiger partial charge is 0.480 e.